The Bertz CT molecular complexity index is 515. The summed E-state index contributed by atoms with van der Waals surface area (Å²) in [7, 11) is 0. The summed E-state index contributed by atoms with van der Waals surface area (Å²) in [6.07, 6.45) is 1.38. The summed E-state index contributed by atoms with van der Waals surface area (Å²) in [5.41, 5.74) is 0.0740. The molecule has 0 fully saturated rings. The van der Waals surface area contributed by atoms with Crippen LogP contribution >= 0.6 is 11.3 Å². The SMILES string of the molecule is O=C(Nc1sccc1C(=O)O)c1ccco1. The zero-order valence-electron chi connectivity index (χ0n) is 7.97. The highest BCUT2D eigenvalue weighted by molar-refractivity contribution is 7.14. The second kappa shape index (κ2) is 4.19. The molecule has 0 aliphatic carbocycles. The molecule has 0 aliphatic heterocycles. The van der Waals surface area contributed by atoms with Gasteiger partial charge in [0.1, 0.15) is 5.00 Å². The number of hydrogen-bond acceptors (Lipinski definition) is 4. The van der Waals surface area contributed by atoms with E-state index >= 15 is 0 Å². The number of carbonyl (C=O) groups is 2. The van der Waals surface area contributed by atoms with Crippen LogP contribution < -0.4 is 5.32 Å². The first-order valence-electron chi connectivity index (χ1n) is 4.34. The van der Waals surface area contributed by atoms with E-state index in [1.54, 1.807) is 11.4 Å². The lowest BCUT2D eigenvalue weighted by atomic mass is 10.3. The Morgan fingerprint density at radius 3 is 2.81 bits per heavy atom. The number of thiophene rings is 1. The molecule has 0 saturated heterocycles. The summed E-state index contributed by atoms with van der Waals surface area (Å²) in [6.45, 7) is 0. The summed E-state index contributed by atoms with van der Waals surface area (Å²) in [4.78, 5) is 22.3. The lowest BCUT2D eigenvalue weighted by Crippen LogP contribution is -2.12. The van der Waals surface area contributed by atoms with Gasteiger partial charge in [-0.1, -0.05) is 0 Å². The second-order valence-electron chi connectivity index (χ2n) is 2.90. The van der Waals surface area contributed by atoms with Crippen molar-refractivity contribution in [3.8, 4) is 0 Å². The molecule has 82 valence electrons. The van der Waals surface area contributed by atoms with Crippen LogP contribution in [-0.2, 0) is 0 Å². The van der Waals surface area contributed by atoms with Crippen molar-refractivity contribution >= 4 is 28.2 Å². The van der Waals surface area contributed by atoms with Crippen LogP contribution in [0.2, 0.25) is 0 Å². The van der Waals surface area contributed by atoms with Gasteiger partial charge in [0.2, 0.25) is 0 Å². The summed E-state index contributed by atoms with van der Waals surface area (Å²) in [6, 6.07) is 4.52. The van der Waals surface area contributed by atoms with Gasteiger partial charge in [-0.15, -0.1) is 11.3 Å². The predicted molar refractivity (Wildman–Crippen MR) is 57.9 cm³/mol. The van der Waals surface area contributed by atoms with Crippen molar-refractivity contribution in [1.82, 2.24) is 0 Å². The van der Waals surface area contributed by atoms with Gasteiger partial charge in [0.15, 0.2) is 5.76 Å². The van der Waals surface area contributed by atoms with E-state index in [-0.39, 0.29) is 11.3 Å². The van der Waals surface area contributed by atoms with Crippen molar-refractivity contribution < 1.29 is 19.1 Å². The van der Waals surface area contributed by atoms with Crippen LogP contribution in [-0.4, -0.2) is 17.0 Å². The van der Waals surface area contributed by atoms with Crippen molar-refractivity contribution in [1.29, 1.82) is 0 Å². The fourth-order valence-electron chi connectivity index (χ4n) is 1.15. The number of furan rings is 1. The maximum Gasteiger partial charge on any atom is 0.338 e. The van der Waals surface area contributed by atoms with Gasteiger partial charge in [0.25, 0.3) is 5.91 Å². The Hall–Kier alpha value is -2.08. The van der Waals surface area contributed by atoms with E-state index in [1.807, 2.05) is 0 Å². The molecule has 2 rings (SSSR count). The van der Waals surface area contributed by atoms with Gasteiger partial charge in [-0.05, 0) is 23.6 Å². The maximum atomic E-state index is 11.6. The standard InChI is InChI=1S/C10H7NO4S/c12-8(7-2-1-4-15-7)11-9-6(10(13)14)3-5-16-9/h1-5H,(H,11,12)(H,13,14). The number of amides is 1. The van der Waals surface area contributed by atoms with Crippen molar-refractivity contribution in [2.45, 2.75) is 0 Å². The minimum Gasteiger partial charge on any atom is -0.478 e. The molecule has 0 spiro atoms. The number of rotatable bonds is 3. The van der Waals surface area contributed by atoms with Gasteiger partial charge in [-0.25, -0.2) is 4.79 Å². The zero-order valence-corrected chi connectivity index (χ0v) is 8.78. The highest BCUT2D eigenvalue weighted by Gasteiger charge is 2.15. The van der Waals surface area contributed by atoms with Gasteiger partial charge in [-0.3, -0.25) is 4.79 Å². The monoisotopic (exact) mass is 237 g/mol. The van der Waals surface area contributed by atoms with E-state index in [0.717, 1.165) is 11.3 Å². The third kappa shape index (κ3) is 1.96. The van der Waals surface area contributed by atoms with Crippen LogP contribution in [0, 0.1) is 0 Å². The van der Waals surface area contributed by atoms with Gasteiger partial charge in [0.05, 0.1) is 11.8 Å². The fourth-order valence-corrected chi connectivity index (χ4v) is 1.92. The van der Waals surface area contributed by atoms with E-state index in [4.69, 9.17) is 9.52 Å². The first kappa shape index (κ1) is 10.4. The van der Waals surface area contributed by atoms with Crippen LogP contribution in [0.1, 0.15) is 20.9 Å². The Balaban J connectivity index is 2.18. The van der Waals surface area contributed by atoms with Crippen molar-refractivity contribution in [3.05, 3.63) is 41.2 Å². The molecule has 2 N–H and O–H groups in total. The van der Waals surface area contributed by atoms with Crippen molar-refractivity contribution in [2.24, 2.45) is 0 Å². The summed E-state index contributed by atoms with van der Waals surface area (Å²) in [5, 5.41) is 13.2. The summed E-state index contributed by atoms with van der Waals surface area (Å²) < 4.78 is 4.89. The summed E-state index contributed by atoms with van der Waals surface area (Å²) in [5.74, 6) is -1.39. The molecule has 5 nitrogen and oxygen atoms in total. The minimum absolute atomic E-state index is 0.0740. The molecule has 0 radical (unpaired) electrons. The Kier molecular flexibility index (Phi) is 2.74. The van der Waals surface area contributed by atoms with Crippen LogP contribution in [0.3, 0.4) is 0 Å². The quantitative estimate of drug-likeness (QED) is 0.858. The molecule has 2 aromatic rings. The van der Waals surface area contributed by atoms with E-state index in [0.29, 0.717) is 5.00 Å². The number of anilines is 1. The molecule has 0 saturated carbocycles. The number of aromatic carboxylic acids is 1. The number of carbonyl (C=O) groups excluding carboxylic acids is 1. The normalized spacial score (nSPS) is 10.0. The van der Waals surface area contributed by atoms with E-state index in [2.05, 4.69) is 5.32 Å². The molecular formula is C10H7NO4S. The average molecular weight is 237 g/mol. The van der Waals surface area contributed by atoms with Gasteiger partial charge >= 0.3 is 5.97 Å². The largest absolute Gasteiger partial charge is 0.478 e. The topological polar surface area (TPSA) is 79.5 Å². The Labute approximate surface area is 94.3 Å². The molecule has 0 aromatic carbocycles. The zero-order chi connectivity index (χ0) is 11.5. The third-order valence-electron chi connectivity index (χ3n) is 1.87. The molecule has 0 atom stereocenters. The molecule has 2 aromatic heterocycles. The fraction of sp³-hybridized carbons (Fsp3) is 0. The third-order valence-corrected chi connectivity index (χ3v) is 2.70. The highest BCUT2D eigenvalue weighted by atomic mass is 32.1. The van der Waals surface area contributed by atoms with Crippen molar-refractivity contribution in [3.63, 3.8) is 0 Å². The average Bonchev–Trinajstić information content (AvgIpc) is 2.86. The predicted octanol–water partition coefficient (Wildman–Crippen LogP) is 2.29. The minimum atomic E-state index is -1.07. The van der Waals surface area contributed by atoms with Gasteiger partial charge in [0, 0.05) is 0 Å². The van der Waals surface area contributed by atoms with Crippen molar-refractivity contribution in [2.75, 3.05) is 5.32 Å². The first-order valence-corrected chi connectivity index (χ1v) is 5.22. The first-order chi connectivity index (χ1) is 7.68. The highest BCUT2D eigenvalue weighted by Crippen LogP contribution is 2.23. The smallest absolute Gasteiger partial charge is 0.338 e. The van der Waals surface area contributed by atoms with Crippen LogP contribution in [0.4, 0.5) is 5.00 Å². The summed E-state index contributed by atoms with van der Waals surface area (Å²) >= 11 is 1.15. The molecule has 0 bridgehead atoms. The number of nitrogens with one attached hydrogen (secondary N) is 1. The molecule has 6 heteroatoms. The van der Waals surface area contributed by atoms with E-state index < -0.39 is 11.9 Å². The van der Waals surface area contributed by atoms with Gasteiger partial charge in [-0.2, -0.15) is 0 Å². The van der Waals surface area contributed by atoms with E-state index in [9.17, 15) is 9.59 Å². The van der Waals surface area contributed by atoms with E-state index in [1.165, 1.54) is 18.4 Å². The van der Waals surface area contributed by atoms with Crippen LogP contribution in [0.25, 0.3) is 0 Å². The Morgan fingerprint density at radius 2 is 2.19 bits per heavy atom. The molecule has 16 heavy (non-hydrogen) atoms. The molecule has 2 heterocycles. The molecule has 1 amide bonds. The lowest BCUT2D eigenvalue weighted by molar-refractivity contribution is 0.0698. The van der Waals surface area contributed by atoms with Crippen LogP contribution in [0.5, 0.6) is 0 Å². The maximum absolute atomic E-state index is 11.6. The van der Waals surface area contributed by atoms with Crippen LogP contribution in [0.15, 0.2) is 34.3 Å². The Morgan fingerprint density at radius 1 is 1.38 bits per heavy atom. The number of carboxylic acids is 1. The second-order valence-corrected chi connectivity index (χ2v) is 3.82. The lowest BCUT2D eigenvalue weighted by Gasteiger charge is -2.00. The number of carboxylic acid groups (broad SMARTS) is 1. The molecule has 0 aliphatic rings. The van der Waals surface area contributed by atoms with Gasteiger partial charge < -0.3 is 14.8 Å². The molecule has 0 unspecified atom stereocenters. The number of hydrogen-bond donors (Lipinski definition) is 2. The molecular weight excluding hydrogens is 230 g/mol.